The molecule has 0 spiro atoms. The summed E-state index contributed by atoms with van der Waals surface area (Å²) in [4.78, 5) is 5.66. The highest BCUT2D eigenvalue weighted by molar-refractivity contribution is 7.99. The molecular weight excluding hydrogens is 254 g/mol. The molecule has 19 heavy (non-hydrogen) atoms. The molecule has 0 bridgehead atoms. The summed E-state index contributed by atoms with van der Waals surface area (Å²) in [6, 6.07) is 15.3. The molecule has 98 valence electrons. The minimum Gasteiger partial charge on any atom is -0.507 e. The fourth-order valence-electron chi connectivity index (χ4n) is 1.63. The predicted octanol–water partition coefficient (Wildman–Crippen LogP) is 4.64. The van der Waals surface area contributed by atoms with Gasteiger partial charge in [0.15, 0.2) is 0 Å². The van der Waals surface area contributed by atoms with Gasteiger partial charge < -0.3 is 5.11 Å². The quantitative estimate of drug-likeness (QED) is 0.634. The lowest BCUT2D eigenvalue weighted by molar-refractivity contribution is 0.474. The van der Waals surface area contributed by atoms with E-state index in [0.29, 0.717) is 0 Å². The maximum atomic E-state index is 9.70. The van der Waals surface area contributed by atoms with Crippen LogP contribution in [0.3, 0.4) is 0 Å². The lowest BCUT2D eigenvalue weighted by Gasteiger charge is -2.04. The second-order valence-electron chi connectivity index (χ2n) is 4.13. The van der Waals surface area contributed by atoms with Crippen LogP contribution in [0, 0.1) is 0 Å². The molecule has 0 saturated carbocycles. The Morgan fingerprint density at radius 3 is 2.63 bits per heavy atom. The summed E-state index contributed by atoms with van der Waals surface area (Å²) in [5.74, 6) is 1.34. The number of para-hydroxylation sites is 2. The molecule has 0 fully saturated rings. The van der Waals surface area contributed by atoms with E-state index in [0.717, 1.165) is 23.4 Å². The molecule has 0 aliphatic heterocycles. The van der Waals surface area contributed by atoms with Crippen LogP contribution in [0.5, 0.6) is 5.75 Å². The van der Waals surface area contributed by atoms with Crippen molar-refractivity contribution in [3.63, 3.8) is 0 Å². The number of thioether (sulfide) groups is 1. The summed E-state index contributed by atoms with van der Waals surface area (Å²) in [5.41, 5.74) is 1.68. The van der Waals surface area contributed by atoms with E-state index in [1.807, 2.05) is 42.1 Å². The lowest BCUT2D eigenvalue weighted by atomic mass is 10.2. The number of phenolic OH excluding ortho intramolecular Hbond substituents is 1. The highest BCUT2D eigenvalue weighted by atomic mass is 32.2. The van der Waals surface area contributed by atoms with Gasteiger partial charge in [-0.3, -0.25) is 4.99 Å². The summed E-state index contributed by atoms with van der Waals surface area (Å²) < 4.78 is 0. The van der Waals surface area contributed by atoms with Gasteiger partial charge in [-0.2, -0.15) is 0 Å². The van der Waals surface area contributed by atoms with Crippen LogP contribution in [0.1, 0.15) is 18.9 Å². The Kier molecular flexibility index (Phi) is 5.04. The van der Waals surface area contributed by atoms with Gasteiger partial charge in [0.05, 0.1) is 5.69 Å². The van der Waals surface area contributed by atoms with Gasteiger partial charge in [0.2, 0.25) is 0 Å². The summed E-state index contributed by atoms with van der Waals surface area (Å²) in [6.07, 6.45) is 2.85. The molecule has 0 unspecified atom stereocenters. The van der Waals surface area contributed by atoms with Gasteiger partial charge in [-0.05, 0) is 36.4 Å². The molecule has 3 heteroatoms. The van der Waals surface area contributed by atoms with Crippen molar-refractivity contribution in [1.29, 1.82) is 0 Å². The van der Waals surface area contributed by atoms with Crippen LogP contribution >= 0.6 is 11.8 Å². The second-order valence-corrected chi connectivity index (χ2v) is 5.27. The Labute approximate surface area is 118 Å². The van der Waals surface area contributed by atoms with Gasteiger partial charge in [-0.1, -0.05) is 31.2 Å². The number of aliphatic imine (C=N–C) groups is 1. The van der Waals surface area contributed by atoms with Crippen LogP contribution in [0.4, 0.5) is 5.69 Å². The highest BCUT2D eigenvalue weighted by Gasteiger charge is 2.00. The van der Waals surface area contributed by atoms with Gasteiger partial charge in [-0.15, -0.1) is 11.8 Å². The SMILES string of the molecule is CCCSc1ccccc1N=Cc1ccccc1O. The molecule has 2 aromatic carbocycles. The summed E-state index contributed by atoms with van der Waals surface area (Å²) in [6.45, 7) is 2.17. The third-order valence-corrected chi connectivity index (χ3v) is 3.88. The van der Waals surface area contributed by atoms with E-state index in [1.165, 1.54) is 4.90 Å². The van der Waals surface area contributed by atoms with Crippen LogP contribution < -0.4 is 0 Å². The van der Waals surface area contributed by atoms with E-state index in [-0.39, 0.29) is 5.75 Å². The van der Waals surface area contributed by atoms with Gasteiger partial charge >= 0.3 is 0 Å². The molecule has 0 atom stereocenters. The zero-order valence-electron chi connectivity index (χ0n) is 10.9. The molecule has 0 amide bonds. The monoisotopic (exact) mass is 271 g/mol. The van der Waals surface area contributed by atoms with Crippen molar-refractivity contribution in [2.24, 2.45) is 4.99 Å². The normalized spacial score (nSPS) is 11.0. The molecule has 0 heterocycles. The zero-order valence-corrected chi connectivity index (χ0v) is 11.7. The van der Waals surface area contributed by atoms with Crippen molar-refractivity contribution in [3.05, 3.63) is 54.1 Å². The van der Waals surface area contributed by atoms with Gasteiger partial charge in [0.1, 0.15) is 5.75 Å². The average Bonchev–Trinajstić information content (AvgIpc) is 2.45. The molecule has 0 aromatic heterocycles. The predicted molar refractivity (Wildman–Crippen MR) is 82.8 cm³/mol. The minimum atomic E-state index is 0.255. The number of benzene rings is 2. The Bertz CT molecular complexity index is 566. The van der Waals surface area contributed by atoms with Crippen molar-refractivity contribution in [2.75, 3.05) is 5.75 Å². The number of hydrogen-bond donors (Lipinski definition) is 1. The van der Waals surface area contributed by atoms with Gasteiger partial charge in [0, 0.05) is 16.7 Å². The molecule has 0 radical (unpaired) electrons. The first-order valence-corrected chi connectivity index (χ1v) is 7.33. The first-order valence-electron chi connectivity index (χ1n) is 6.35. The summed E-state index contributed by atoms with van der Waals surface area (Å²) >= 11 is 1.81. The molecule has 0 saturated heterocycles. The maximum absolute atomic E-state index is 9.70. The second kappa shape index (κ2) is 7.00. The fourth-order valence-corrected chi connectivity index (χ4v) is 2.50. The largest absolute Gasteiger partial charge is 0.507 e. The van der Waals surface area contributed by atoms with Crippen LogP contribution in [-0.4, -0.2) is 17.1 Å². The van der Waals surface area contributed by atoms with E-state index in [1.54, 1.807) is 18.3 Å². The van der Waals surface area contributed by atoms with Crippen LogP contribution in [0.15, 0.2) is 58.4 Å². The average molecular weight is 271 g/mol. The third-order valence-electron chi connectivity index (χ3n) is 2.61. The van der Waals surface area contributed by atoms with Crippen LogP contribution in [-0.2, 0) is 0 Å². The fraction of sp³-hybridized carbons (Fsp3) is 0.188. The Morgan fingerprint density at radius 2 is 1.84 bits per heavy atom. The molecule has 2 nitrogen and oxygen atoms in total. The zero-order chi connectivity index (χ0) is 13.5. The molecule has 2 rings (SSSR count). The molecule has 0 aliphatic rings. The molecule has 0 aliphatic carbocycles. The van der Waals surface area contributed by atoms with Crippen molar-refractivity contribution in [1.82, 2.24) is 0 Å². The van der Waals surface area contributed by atoms with Crippen molar-refractivity contribution < 1.29 is 5.11 Å². The highest BCUT2D eigenvalue weighted by Crippen LogP contribution is 2.29. The topological polar surface area (TPSA) is 32.6 Å². The van der Waals surface area contributed by atoms with Crippen molar-refractivity contribution in [3.8, 4) is 5.75 Å². The maximum Gasteiger partial charge on any atom is 0.124 e. The van der Waals surface area contributed by atoms with Gasteiger partial charge in [0.25, 0.3) is 0 Å². The molecule has 1 N–H and O–H groups in total. The van der Waals surface area contributed by atoms with E-state index in [2.05, 4.69) is 18.0 Å². The van der Waals surface area contributed by atoms with E-state index >= 15 is 0 Å². The lowest BCUT2D eigenvalue weighted by Crippen LogP contribution is -1.82. The number of aromatic hydroxyl groups is 1. The van der Waals surface area contributed by atoms with E-state index in [9.17, 15) is 5.11 Å². The first-order chi connectivity index (χ1) is 9.31. The third kappa shape index (κ3) is 3.86. The Balaban J connectivity index is 2.21. The van der Waals surface area contributed by atoms with Crippen molar-refractivity contribution in [2.45, 2.75) is 18.2 Å². The minimum absolute atomic E-state index is 0.255. The van der Waals surface area contributed by atoms with Crippen LogP contribution in [0.25, 0.3) is 0 Å². The molecule has 2 aromatic rings. The number of hydrogen-bond acceptors (Lipinski definition) is 3. The standard InChI is InChI=1S/C16H17NOS/c1-2-11-19-16-10-6-4-8-14(16)17-12-13-7-3-5-9-15(13)18/h3-10,12,18H,2,11H2,1H3. The summed E-state index contributed by atoms with van der Waals surface area (Å²) in [7, 11) is 0. The molecular formula is C16H17NOS. The Morgan fingerprint density at radius 1 is 1.11 bits per heavy atom. The first kappa shape index (κ1) is 13.7. The van der Waals surface area contributed by atoms with Crippen LogP contribution in [0.2, 0.25) is 0 Å². The van der Waals surface area contributed by atoms with E-state index < -0.39 is 0 Å². The Hall–Kier alpha value is -1.74. The number of rotatable bonds is 5. The summed E-state index contributed by atoms with van der Waals surface area (Å²) in [5, 5.41) is 9.70. The number of phenols is 1. The smallest absolute Gasteiger partial charge is 0.124 e. The van der Waals surface area contributed by atoms with Gasteiger partial charge in [-0.25, -0.2) is 0 Å². The number of nitrogens with zero attached hydrogens (tertiary/aromatic N) is 1. The van der Waals surface area contributed by atoms with Crippen molar-refractivity contribution >= 4 is 23.7 Å². The van der Waals surface area contributed by atoms with E-state index in [4.69, 9.17) is 0 Å².